The van der Waals surface area contributed by atoms with Crippen molar-refractivity contribution in [2.24, 2.45) is 0 Å². The molecule has 3 rings (SSSR count). The molecule has 0 radical (unpaired) electrons. The minimum absolute atomic E-state index is 0.209. The van der Waals surface area contributed by atoms with Crippen molar-refractivity contribution in [3.63, 3.8) is 0 Å². The molecule has 2 aliphatic rings. The maximum Gasteiger partial charge on any atom is 0.243 e. The van der Waals surface area contributed by atoms with E-state index in [0.717, 1.165) is 19.5 Å². The van der Waals surface area contributed by atoms with Gasteiger partial charge in [0.05, 0.1) is 4.90 Å². The number of sulfonamides is 1. The van der Waals surface area contributed by atoms with E-state index in [2.05, 4.69) is 9.88 Å². The normalized spacial score (nSPS) is 25.4. The van der Waals surface area contributed by atoms with Gasteiger partial charge in [-0.1, -0.05) is 11.6 Å². The highest BCUT2D eigenvalue weighted by molar-refractivity contribution is 7.89. The molecule has 5 nitrogen and oxygen atoms in total. The number of fused-ring (bicyclic) bond motifs is 1. The van der Waals surface area contributed by atoms with Crippen molar-refractivity contribution in [3.05, 3.63) is 23.5 Å². The summed E-state index contributed by atoms with van der Waals surface area (Å²) in [5.74, 6) is 0. The van der Waals surface area contributed by atoms with Crippen LogP contribution in [-0.4, -0.2) is 54.8 Å². The van der Waals surface area contributed by atoms with Crippen LogP contribution in [0.25, 0.3) is 0 Å². The molecule has 0 spiro atoms. The lowest BCUT2D eigenvalue weighted by atomic mass is 10.2. The summed E-state index contributed by atoms with van der Waals surface area (Å²) in [4.78, 5) is 6.44. The average molecular weight is 302 g/mol. The number of halogens is 1. The summed E-state index contributed by atoms with van der Waals surface area (Å²) in [7, 11) is -3.44. The first-order valence-corrected chi connectivity index (χ1v) is 8.25. The number of pyridine rings is 1. The van der Waals surface area contributed by atoms with Crippen LogP contribution in [0, 0.1) is 0 Å². The van der Waals surface area contributed by atoms with Crippen LogP contribution in [0.1, 0.15) is 12.8 Å². The van der Waals surface area contributed by atoms with Gasteiger partial charge in [0.2, 0.25) is 10.0 Å². The Morgan fingerprint density at radius 1 is 1.32 bits per heavy atom. The molecule has 0 aliphatic carbocycles. The first kappa shape index (κ1) is 13.3. The molecule has 0 saturated carbocycles. The Morgan fingerprint density at radius 3 is 2.95 bits per heavy atom. The largest absolute Gasteiger partial charge is 0.298 e. The first-order chi connectivity index (χ1) is 9.07. The molecule has 2 aliphatic heterocycles. The average Bonchev–Trinajstić information content (AvgIpc) is 2.85. The van der Waals surface area contributed by atoms with Gasteiger partial charge in [0, 0.05) is 31.9 Å². The van der Waals surface area contributed by atoms with Crippen molar-refractivity contribution in [1.82, 2.24) is 14.2 Å². The van der Waals surface area contributed by atoms with Gasteiger partial charge < -0.3 is 0 Å². The first-order valence-electron chi connectivity index (χ1n) is 6.43. The Kier molecular flexibility index (Phi) is 3.51. The summed E-state index contributed by atoms with van der Waals surface area (Å²) in [5, 5.41) is 0.209. The van der Waals surface area contributed by atoms with E-state index in [1.54, 1.807) is 4.31 Å². The summed E-state index contributed by atoms with van der Waals surface area (Å²) in [6, 6.07) is 3.29. The van der Waals surface area contributed by atoms with Crippen LogP contribution < -0.4 is 0 Å². The second-order valence-corrected chi connectivity index (χ2v) is 7.33. The van der Waals surface area contributed by atoms with E-state index in [9.17, 15) is 8.42 Å². The van der Waals surface area contributed by atoms with Gasteiger partial charge in [-0.05, 0) is 31.5 Å². The lowest BCUT2D eigenvalue weighted by Gasteiger charge is -2.36. The Morgan fingerprint density at radius 2 is 2.16 bits per heavy atom. The molecule has 1 aromatic rings. The molecule has 19 heavy (non-hydrogen) atoms. The van der Waals surface area contributed by atoms with E-state index in [-0.39, 0.29) is 10.0 Å². The molecule has 2 saturated heterocycles. The van der Waals surface area contributed by atoms with Gasteiger partial charge >= 0.3 is 0 Å². The van der Waals surface area contributed by atoms with E-state index >= 15 is 0 Å². The van der Waals surface area contributed by atoms with E-state index in [1.165, 1.54) is 24.8 Å². The van der Waals surface area contributed by atoms with Gasteiger partial charge in [-0.25, -0.2) is 13.4 Å². The summed E-state index contributed by atoms with van der Waals surface area (Å²) in [6.45, 7) is 3.06. The highest BCUT2D eigenvalue weighted by atomic mass is 35.5. The third-order valence-corrected chi connectivity index (χ3v) is 5.95. The van der Waals surface area contributed by atoms with Crippen molar-refractivity contribution in [2.45, 2.75) is 23.8 Å². The number of piperazine rings is 1. The van der Waals surface area contributed by atoms with Crippen LogP contribution in [0.2, 0.25) is 5.15 Å². The molecule has 0 N–H and O–H groups in total. The smallest absolute Gasteiger partial charge is 0.243 e. The van der Waals surface area contributed by atoms with Crippen molar-refractivity contribution >= 4 is 21.6 Å². The second-order valence-electron chi connectivity index (χ2n) is 5.01. The van der Waals surface area contributed by atoms with Gasteiger partial charge in [-0.3, -0.25) is 4.90 Å². The predicted octanol–water partition coefficient (Wildman–Crippen LogP) is 1.20. The molecule has 0 aromatic carbocycles. The minimum Gasteiger partial charge on any atom is -0.298 e. The van der Waals surface area contributed by atoms with Crippen LogP contribution >= 0.6 is 11.6 Å². The maximum absolute atomic E-state index is 12.5. The summed E-state index contributed by atoms with van der Waals surface area (Å²) < 4.78 is 26.7. The topological polar surface area (TPSA) is 53.5 Å². The van der Waals surface area contributed by atoms with Gasteiger partial charge in [0.25, 0.3) is 0 Å². The summed E-state index contributed by atoms with van der Waals surface area (Å²) >= 11 is 5.78. The van der Waals surface area contributed by atoms with Crippen molar-refractivity contribution < 1.29 is 8.42 Å². The molecule has 3 heterocycles. The molecule has 1 aromatic heterocycles. The molecule has 104 valence electrons. The second kappa shape index (κ2) is 5.01. The maximum atomic E-state index is 12.5. The summed E-state index contributed by atoms with van der Waals surface area (Å²) in [6.07, 6.45) is 3.68. The molecule has 1 atom stereocenters. The summed E-state index contributed by atoms with van der Waals surface area (Å²) in [5.41, 5.74) is 0. The van der Waals surface area contributed by atoms with E-state index in [4.69, 9.17) is 11.6 Å². The van der Waals surface area contributed by atoms with Crippen LogP contribution in [0.5, 0.6) is 0 Å². The van der Waals surface area contributed by atoms with Crippen LogP contribution in [-0.2, 0) is 10.0 Å². The third-order valence-electron chi connectivity index (χ3n) is 3.89. The fraction of sp³-hybridized carbons (Fsp3) is 0.583. The van der Waals surface area contributed by atoms with Crippen molar-refractivity contribution in [2.75, 3.05) is 26.2 Å². The highest BCUT2D eigenvalue weighted by Gasteiger charge is 2.36. The lowest BCUT2D eigenvalue weighted by Crippen LogP contribution is -2.51. The molecular formula is C12H16ClN3O2S. The Hall–Kier alpha value is -0.690. The Labute approximate surface area is 118 Å². The quantitative estimate of drug-likeness (QED) is 0.770. The standard InChI is InChI=1S/C12H16ClN3O2S/c13-12-8-11(3-4-14-12)19(17,18)16-7-6-15-5-1-2-10(15)9-16/h3-4,8,10H,1-2,5-7,9H2. The lowest BCUT2D eigenvalue weighted by molar-refractivity contribution is 0.158. The van der Waals surface area contributed by atoms with Crippen LogP contribution in [0.4, 0.5) is 0 Å². The minimum atomic E-state index is -3.44. The van der Waals surface area contributed by atoms with E-state index < -0.39 is 10.0 Å². The monoisotopic (exact) mass is 301 g/mol. The SMILES string of the molecule is O=S(=O)(c1ccnc(Cl)c1)N1CCN2CCCC2C1. The molecule has 7 heteroatoms. The van der Waals surface area contributed by atoms with Gasteiger partial charge in [-0.2, -0.15) is 4.31 Å². The fourth-order valence-electron chi connectivity index (χ4n) is 2.88. The van der Waals surface area contributed by atoms with Crippen LogP contribution in [0.3, 0.4) is 0 Å². The van der Waals surface area contributed by atoms with E-state index in [1.807, 2.05) is 0 Å². The number of hydrogen-bond donors (Lipinski definition) is 0. The number of nitrogens with zero attached hydrogens (tertiary/aromatic N) is 3. The Balaban J connectivity index is 1.85. The van der Waals surface area contributed by atoms with E-state index in [0.29, 0.717) is 19.1 Å². The number of hydrogen-bond acceptors (Lipinski definition) is 4. The fourth-order valence-corrected chi connectivity index (χ4v) is 4.60. The Bertz CT molecular complexity index is 578. The number of rotatable bonds is 2. The van der Waals surface area contributed by atoms with Crippen LogP contribution in [0.15, 0.2) is 23.2 Å². The molecule has 0 amide bonds. The van der Waals surface area contributed by atoms with Crippen molar-refractivity contribution in [3.8, 4) is 0 Å². The van der Waals surface area contributed by atoms with Gasteiger partial charge in [0.1, 0.15) is 5.15 Å². The molecular weight excluding hydrogens is 286 g/mol. The van der Waals surface area contributed by atoms with Gasteiger partial charge in [-0.15, -0.1) is 0 Å². The highest BCUT2D eigenvalue weighted by Crippen LogP contribution is 2.26. The number of aromatic nitrogens is 1. The zero-order chi connectivity index (χ0) is 13.5. The predicted molar refractivity (Wildman–Crippen MR) is 72.6 cm³/mol. The molecule has 1 unspecified atom stereocenters. The zero-order valence-corrected chi connectivity index (χ0v) is 12.1. The third kappa shape index (κ3) is 2.50. The molecule has 2 fully saturated rings. The molecule has 0 bridgehead atoms. The van der Waals surface area contributed by atoms with Crippen molar-refractivity contribution in [1.29, 1.82) is 0 Å². The van der Waals surface area contributed by atoms with Gasteiger partial charge in [0.15, 0.2) is 0 Å². The zero-order valence-electron chi connectivity index (χ0n) is 10.5.